The Balaban J connectivity index is 2.54. The molecule has 0 aliphatic rings. The lowest BCUT2D eigenvalue weighted by Crippen LogP contribution is -2.47. The maximum Gasteiger partial charge on any atom is 0.410 e. The van der Waals surface area contributed by atoms with Crippen molar-refractivity contribution in [3.05, 3.63) is 35.9 Å². The Bertz CT molecular complexity index is 569. The molecule has 0 spiro atoms. The van der Waals surface area contributed by atoms with E-state index < -0.39 is 23.7 Å². The zero-order chi connectivity index (χ0) is 19.7. The minimum absolute atomic E-state index is 0.159. The molecular formula is C19H30N2O5. The van der Waals surface area contributed by atoms with Crippen molar-refractivity contribution >= 4 is 12.0 Å². The second-order valence-corrected chi connectivity index (χ2v) is 7.54. The average Bonchev–Trinajstić information content (AvgIpc) is 2.53. The van der Waals surface area contributed by atoms with Gasteiger partial charge in [-0.2, -0.15) is 0 Å². The number of amides is 2. The number of carbonyl (C=O) groups excluding carboxylic acids is 2. The van der Waals surface area contributed by atoms with E-state index in [2.05, 4.69) is 5.48 Å². The molecule has 2 N–H and O–H groups in total. The van der Waals surface area contributed by atoms with Gasteiger partial charge in [0.15, 0.2) is 6.10 Å². The number of carbonyl (C=O) groups is 2. The molecule has 0 heterocycles. The maximum atomic E-state index is 12.3. The minimum Gasteiger partial charge on any atom is -0.444 e. The van der Waals surface area contributed by atoms with Gasteiger partial charge in [0, 0.05) is 6.54 Å². The summed E-state index contributed by atoms with van der Waals surface area (Å²) in [6.07, 6.45) is -1.99. The van der Waals surface area contributed by atoms with Crippen molar-refractivity contribution in [2.24, 2.45) is 5.92 Å². The van der Waals surface area contributed by atoms with E-state index in [0.29, 0.717) is 6.54 Å². The Labute approximate surface area is 155 Å². The molecule has 0 bridgehead atoms. The fourth-order valence-electron chi connectivity index (χ4n) is 2.12. The largest absolute Gasteiger partial charge is 0.444 e. The SMILES string of the molecule is CC(C)CN(C[C@H](O)C(=O)NOCc1ccccc1)C(=O)OC(C)(C)C. The fraction of sp³-hybridized carbons (Fsp3) is 0.579. The summed E-state index contributed by atoms with van der Waals surface area (Å²) >= 11 is 0. The molecule has 2 amide bonds. The maximum absolute atomic E-state index is 12.3. The molecule has 7 nitrogen and oxygen atoms in total. The monoisotopic (exact) mass is 366 g/mol. The van der Waals surface area contributed by atoms with E-state index in [4.69, 9.17) is 9.57 Å². The number of hydrogen-bond donors (Lipinski definition) is 2. The molecule has 146 valence electrons. The number of hydroxylamine groups is 1. The van der Waals surface area contributed by atoms with Crippen molar-refractivity contribution in [1.82, 2.24) is 10.4 Å². The van der Waals surface area contributed by atoms with Gasteiger partial charge in [0.2, 0.25) is 0 Å². The third-order valence-corrected chi connectivity index (χ3v) is 3.19. The third-order valence-electron chi connectivity index (χ3n) is 3.19. The quantitative estimate of drug-likeness (QED) is 0.690. The number of hydrogen-bond acceptors (Lipinski definition) is 5. The summed E-state index contributed by atoms with van der Waals surface area (Å²) < 4.78 is 5.33. The van der Waals surface area contributed by atoms with Gasteiger partial charge in [0.25, 0.3) is 5.91 Å². The van der Waals surface area contributed by atoms with E-state index >= 15 is 0 Å². The van der Waals surface area contributed by atoms with E-state index in [1.807, 2.05) is 44.2 Å². The first-order valence-corrected chi connectivity index (χ1v) is 8.70. The highest BCUT2D eigenvalue weighted by Crippen LogP contribution is 2.12. The van der Waals surface area contributed by atoms with Crippen LogP contribution in [0.3, 0.4) is 0 Å². The highest BCUT2D eigenvalue weighted by atomic mass is 16.7. The number of benzene rings is 1. The molecule has 0 aliphatic carbocycles. The predicted octanol–water partition coefficient (Wildman–Crippen LogP) is 2.49. The molecule has 0 aromatic heterocycles. The summed E-state index contributed by atoms with van der Waals surface area (Å²) in [6, 6.07) is 9.32. The van der Waals surface area contributed by atoms with Crippen molar-refractivity contribution < 1.29 is 24.3 Å². The third kappa shape index (κ3) is 8.82. The minimum atomic E-state index is -1.42. The Hall–Kier alpha value is -2.12. The number of nitrogens with one attached hydrogen (secondary N) is 1. The van der Waals surface area contributed by atoms with Crippen LogP contribution in [0, 0.1) is 5.92 Å². The van der Waals surface area contributed by atoms with Gasteiger partial charge >= 0.3 is 6.09 Å². The molecule has 0 fully saturated rings. The van der Waals surface area contributed by atoms with Crippen LogP contribution in [0.4, 0.5) is 4.79 Å². The van der Waals surface area contributed by atoms with Gasteiger partial charge in [-0.25, -0.2) is 10.3 Å². The first kappa shape index (κ1) is 21.9. The zero-order valence-corrected chi connectivity index (χ0v) is 16.2. The van der Waals surface area contributed by atoms with Crippen LogP contribution in [0.15, 0.2) is 30.3 Å². The summed E-state index contributed by atoms with van der Waals surface area (Å²) in [5, 5.41) is 10.1. The summed E-state index contributed by atoms with van der Waals surface area (Å²) in [5.74, 6) is -0.551. The van der Waals surface area contributed by atoms with Gasteiger partial charge in [-0.1, -0.05) is 44.2 Å². The summed E-state index contributed by atoms with van der Waals surface area (Å²) in [5.41, 5.74) is 2.44. The topological polar surface area (TPSA) is 88.1 Å². The lowest BCUT2D eigenvalue weighted by Gasteiger charge is -2.29. The first-order chi connectivity index (χ1) is 12.1. The number of aliphatic hydroxyl groups excluding tert-OH is 1. The number of aliphatic hydroxyl groups is 1. The molecule has 0 radical (unpaired) electrons. The molecular weight excluding hydrogens is 336 g/mol. The number of nitrogens with zero attached hydrogens (tertiary/aromatic N) is 1. The molecule has 26 heavy (non-hydrogen) atoms. The molecule has 0 saturated carbocycles. The van der Waals surface area contributed by atoms with Gasteiger partial charge < -0.3 is 14.7 Å². The lowest BCUT2D eigenvalue weighted by atomic mass is 10.2. The van der Waals surface area contributed by atoms with Crippen molar-refractivity contribution in [3.8, 4) is 0 Å². The lowest BCUT2D eigenvalue weighted by molar-refractivity contribution is -0.144. The zero-order valence-electron chi connectivity index (χ0n) is 16.2. The Morgan fingerprint density at radius 1 is 1.15 bits per heavy atom. The van der Waals surface area contributed by atoms with E-state index in [0.717, 1.165) is 5.56 Å². The Morgan fingerprint density at radius 2 is 1.77 bits per heavy atom. The van der Waals surface area contributed by atoms with Crippen molar-refractivity contribution in [2.75, 3.05) is 13.1 Å². The number of ether oxygens (including phenoxy) is 1. The highest BCUT2D eigenvalue weighted by molar-refractivity contribution is 5.80. The molecule has 0 aliphatic heterocycles. The van der Waals surface area contributed by atoms with E-state index in [1.165, 1.54) is 4.90 Å². The smallest absolute Gasteiger partial charge is 0.410 e. The van der Waals surface area contributed by atoms with Crippen molar-refractivity contribution in [1.29, 1.82) is 0 Å². The van der Waals surface area contributed by atoms with Crippen LogP contribution in [0.25, 0.3) is 0 Å². The predicted molar refractivity (Wildman–Crippen MR) is 98.0 cm³/mol. The van der Waals surface area contributed by atoms with E-state index in [1.54, 1.807) is 20.8 Å². The fourth-order valence-corrected chi connectivity index (χ4v) is 2.12. The molecule has 1 rings (SSSR count). The number of rotatable bonds is 8. The molecule has 1 aromatic rings. The molecule has 0 unspecified atom stereocenters. The second-order valence-electron chi connectivity index (χ2n) is 7.54. The standard InChI is InChI=1S/C19H30N2O5/c1-14(2)11-21(18(24)26-19(3,4)5)12-16(22)17(23)20-25-13-15-9-7-6-8-10-15/h6-10,14,16,22H,11-13H2,1-5H3,(H,20,23)/t16-/m0/s1. The van der Waals surface area contributed by atoms with Gasteiger partial charge in [0.05, 0.1) is 13.2 Å². The van der Waals surface area contributed by atoms with E-state index in [-0.39, 0.29) is 19.1 Å². The summed E-state index contributed by atoms with van der Waals surface area (Å²) in [4.78, 5) is 30.7. The second kappa shape index (κ2) is 10.1. The van der Waals surface area contributed by atoms with Crippen LogP contribution < -0.4 is 5.48 Å². The van der Waals surface area contributed by atoms with Gasteiger partial charge in [-0.15, -0.1) is 0 Å². The van der Waals surface area contributed by atoms with Crippen LogP contribution in [0.5, 0.6) is 0 Å². The van der Waals surface area contributed by atoms with Gasteiger partial charge in [0.1, 0.15) is 5.60 Å². The Kier molecular flexibility index (Phi) is 8.54. The molecule has 0 saturated heterocycles. The van der Waals surface area contributed by atoms with Gasteiger partial charge in [-0.05, 0) is 32.3 Å². The van der Waals surface area contributed by atoms with Crippen LogP contribution in [-0.2, 0) is 21.0 Å². The van der Waals surface area contributed by atoms with E-state index in [9.17, 15) is 14.7 Å². The van der Waals surface area contributed by atoms with Crippen molar-refractivity contribution in [3.63, 3.8) is 0 Å². The van der Waals surface area contributed by atoms with Crippen LogP contribution in [0.1, 0.15) is 40.2 Å². The van der Waals surface area contributed by atoms with Crippen molar-refractivity contribution in [2.45, 2.75) is 52.9 Å². The van der Waals surface area contributed by atoms with Crippen LogP contribution >= 0.6 is 0 Å². The Morgan fingerprint density at radius 3 is 2.31 bits per heavy atom. The molecule has 1 aromatic carbocycles. The highest BCUT2D eigenvalue weighted by Gasteiger charge is 2.27. The van der Waals surface area contributed by atoms with Gasteiger partial charge in [-0.3, -0.25) is 9.63 Å². The van der Waals surface area contributed by atoms with Crippen LogP contribution in [-0.4, -0.2) is 46.8 Å². The van der Waals surface area contributed by atoms with Crippen LogP contribution in [0.2, 0.25) is 0 Å². The summed E-state index contributed by atoms with van der Waals surface area (Å²) in [6.45, 7) is 9.54. The normalized spacial score (nSPS) is 12.6. The molecule has 1 atom stereocenters. The first-order valence-electron chi connectivity index (χ1n) is 8.70. The molecule has 7 heteroatoms. The average molecular weight is 366 g/mol. The summed E-state index contributed by atoms with van der Waals surface area (Å²) in [7, 11) is 0.